The molecule has 4 atom stereocenters. The topological polar surface area (TPSA) is 95.4 Å². The summed E-state index contributed by atoms with van der Waals surface area (Å²) >= 11 is 0. The molecule has 0 aliphatic carbocycles. The molecule has 2 unspecified atom stereocenters. The quantitative estimate of drug-likeness (QED) is 0.600. The second kappa shape index (κ2) is 9.90. The van der Waals surface area contributed by atoms with Crippen LogP contribution in [0.3, 0.4) is 0 Å². The number of carbonyl (C=O) groups excluding carboxylic acids is 2. The molecule has 0 fully saturated rings. The van der Waals surface area contributed by atoms with Gasteiger partial charge in [-0.25, -0.2) is 0 Å². The Morgan fingerprint density at radius 1 is 0.952 bits per heavy atom. The first-order valence-corrected chi connectivity index (χ1v) is 7.81. The van der Waals surface area contributed by atoms with Crippen LogP contribution in [0.4, 0.5) is 0 Å². The molecule has 124 valence electrons. The van der Waals surface area contributed by atoms with Gasteiger partial charge in [0, 0.05) is 5.92 Å². The molecular formula is C16H32N2O3. The Bertz CT molecular complexity index is 331. The minimum absolute atomic E-state index is 0.0458. The van der Waals surface area contributed by atoms with Gasteiger partial charge in [-0.15, -0.1) is 0 Å². The number of nitrogens with two attached hydrogens (primary N) is 2. The summed E-state index contributed by atoms with van der Waals surface area (Å²) in [5, 5.41) is 0. The SMILES string of the molecule is COC(=O)[C@@H](N)CC(C)CCC(C)C(=O)[C@@H](N)CC(C)C. The van der Waals surface area contributed by atoms with Gasteiger partial charge in [0.25, 0.3) is 0 Å². The van der Waals surface area contributed by atoms with Gasteiger partial charge in [-0.1, -0.05) is 27.7 Å². The zero-order valence-electron chi connectivity index (χ0n) is 14.1. The molecular weight excluding hydrogens is 268 g/mol. The molecule has 0 saturated heterocycles. The van der Waals surface area contributed by atoms with Crippen LogP contribution < -0.4 is 11.5 Å². The maximum absolute atomic E-state index is 12.1. The molecule has 0 heterocycles. The molecule has 5 heteroatoms. The van der Waals surface area contributed by atoms with Crippen molar-refractivity contribution in [3.8, 4) is 0 Å². The van der Waals surface area contributed by atoms with Crippen LogP contribution in [0.5, 0.6) is 0 Å². The van der Waals surface area contributed by atoms with Crippen LogP contribution in [0, 0.1) is 17.8 Å². The fourth-order valence-electron chi connectivity index (χ4n) is 2.47. The predicted molar refractivity (Wildman–Crippen MR) is 84.6 cm³/mol. The molecule has 0 aromatic heterocycles. The minimum Gasteiger partial charge on any atom is -0.468 e. The summed E-state index contributed by atoms with van der Waals surface area (Å²) in [7, 11) is 1.34. The largest absolute Gasteiger partial charge is 0.468 e. The Hall–Kier alpha value is -0.940. The number of carbonyl (C=O) groups is 2. The van der Waals surface area contributed by atoms with Crippen molar-refractivity contribution in [1.29, 1.82) is 0 Å². The lowest BCUT2D eigenvalue weighted by Gasteiger charge is -2.20. The fraction of sp³-hybridized carbons (Fsp3) is 0.875. The third kappa shape index (κ3) is 8.17. The first-order chi connectivity index (χ1) is 9.68. The Kier molecular flexibility index (Phi) is 9.46. The molecule has 0 spiro atoms. The molecule has 0 aliphatic rings. The number of rotatable bonds is 10. The molecule has 0 saturated carbocycles. The standard InChI is InChI=1S/C16H32N2O3/c1-10(2)8-13(17)15(19)12(4)7-6-11(3)9-14(18)16(20)21-5/h10-14H,6-9,17-18H2,1-5H3/t11?,12?,13-,14-/m0/s1. The molecule has 0 bridgehead atoms. The summed E-state index contributed by atoms with van der Waals surface area (Å²) in [6.45, 7) is 8.09. The number of methoxy groups -OCH3 is 1. The van der Waals surface area contributed by atoms with Crippen LogP contribution in [0.25, 0.3) is 0 Å². The van der Waals surface area contributed by atoms with Crippen LogP contribution in [-0.4, -0.2) is 30.9 Å². The highest BCUT2D eigenvalue weighted by Gasteiger charge is 2.23. The van der Waals surface area contributed by atoms with Crippen LogP contribution >= 0.6 is 0 Å². The van der Waals surface area contributed by atoms with Gasteiger partial charge in [0.2, 0.25) is 0 Å². The summed E-state index contributed by atoms with van der Waals surface area (Å²) in [5.74, 6) is 0.400. The van der Waals surface area contributed by atoms with E-state index in [2.05, 4.69) is 18.6 Å². The van der Waals surface area contributed by atoms with E-state index in [-0.39, 0.29) is 29.6 Å². The molecule has 21 heavy (non-hydrogen) atoms. The van der Waals surface area contributed by atoms with Crippen LogP contribution in [0.15, 0.2) is 0 Å². The van der Waals surface area contributed by atoms with Gasteiger partial charge in [-0.2, -0.15) is 0 Å². The van der Waals surface area contributed by atoms with Gasteiger partial charge in [0.05, 0.1) is 13.2 Å². The third-order valence-corrected chi connectivity index (χ3v) is 3.83. The lowest BCUT2D eigenvalue weighted by molar-refractivity contribution is -0.142. The van der Waals surface area contributed by atoms with Gasteiger partial charge in [0.1, 0.15) is 6.04 Å². The maximum atomic E-state index is 12.1. The van der Waals surface area contributed by atoms with Gasteiger partial charge in [0.15, 0.2) is 5.78 Å². The number of ketones is 1. The number of hydrogen-bond donors (Lipinski definition) is 2. The first-order valence-electron chi connectivity index (χ1n) is 7.81. The third-order valence-electron chi connectivity index (χ3n) is 3.83. The minimum atomic E-state index is -0.584. The lowest BCUT2D eigenvalue weighted by Crippen LogP contribution is -2.36. The van der Waals surface area contributed by atoms with E-state index in [1.54, 1.807) is 0 Å². The molecule has 0 rings (SSSR count). The highest BCUT2D eigenvalue weighted by Crippen LogP contribution is 2.19. The van der Waals surface area contributed by atoms with E-state index in [4.69, 9.17) is 11.5 Å². The average molecular weight is 300 g/mol. The Morgan fingerprint density at radius 2 is 1.52 bits per heavy atom. The van der Waals surface area contributed by atoms with Gasteiger partial charge in [-0.3, -0.25) is 9.59 Å². The van der Waals surface area contributed by atoms with Crippen molar-refractivity contribution in [2.75, 3.05) is 7.11 Å². The zero-order valence-corrected chi connectivity index (χ0v) is 14.1. The molecule has 5 nitrogen and oxygen atoms in total. The highest BCUT2D eigenvalue weighted by molar-refractivity contribution is 5.85. The van der Waals surface area contributed by atoms with Gasteiger partial charge < -0.3 is 16.2 Å². The van der Waals surface area contributed by atoms with E-state index in [0.29, 0.717) is 12.3 Å². The van der Waals surface area contributed by atoms with Crippen LogP contribution in [0.2, 0.25) is 0 Å². The van der Waals surface area contributed by atoms with Crippen molar-refractivity contribution in [2.45, 2.75) is 65.5 Å². The van der Waals surface area contributed by atoms with Crippen LogP contribution in [0.1, 0.15) is 53.4 Å². The van der Waals surface area contributed by atoms with E-state index in [0.717, 1.165) is 19.3 Å². The molecule has 0 aromatic rings. The first kappa shape index (κ1) is 20.1. The molecule has 0 amide bonds. The van der Waals surface area contributed by atoms with Gasteiger partial charge in [-0.05, 0) is 37.5 Å². The summed E-state index contributed by atoms with van der Waals surface area (Å²) in [6.07, 6.45) is 2.93. The molecule has 0 aliphatic heterocycles. The smallest absolute Gasteiger partial charge is 0.322 e. The summed E-state index contributed by atoms with van der Waals surface area (Å²) in [6, 6.07) is -0.952. The van der Waals surface area contributed by atoms with E-state index < -0.39 is 6.04 Å². The van der Waals surface area contributed by atoms with E-state index in [9.17, 15) is 9.59 Å². The van der Waals surface area contributed by atoms with Crippen molar-refractivity contribution in [2.24, 2.45) is 29.2 Å². The number of Topliss-reactive ketones (excluding diaryl/α,β-unsaturated/α-hetero) is 1. The van der Waals surface area contributed by atoms with Crippen molar-refractivity contribution in [3.63, 3.8) is 0 Å². The summed E-state index contributed by atoms with van der Waals surface area (Å²) in [4.78, 5) is 23.4. The normalized spacial score (nSPS) is 17.1. The van der Waals surface area contributed by atoms with Crippen molar-refractivity contribution < 1.29 is 14.3 Å². The second-order valence-corrected chi connectivity index (χ2v) is 6.59. The van der Waals surface area contributed by atoms with Crippen molar-refractivity contribution in [3.05, 3.63) is 0 Å². The maximum Gasteiger partial charge on any atom is 0.322 e. The molecule has 4 N–H and O–H groups in total. The zero-order chi connectivity index (χ0) is 16.6. The van der Waals surface area contributed by atoms with Crippen LogP contribution in [-0.2, 0) is 14.3 Å². The van der Waals surface area contributed by atoms with Crippen molar-refractivity contribution in [1.82, 2.24) is 0 Å². The number of hydrogen-bond acceptors (Lipinski definition) is 5. The Balaban J connectivity index is 4.14. The average Bonchev–Trinajstić information content (AvgIpc) is 2.41. The number of ether oxygens (including phenoxy) is 1. The Labute approximate surface area is 128 Å². The predicted octanol–water partition coefficient (Wildman–Crippen LogP) is 1.87. The fourth-order valence-corrected chi connectivity index (χ4v) is 2.47. The highest BCUT2D eigenvalue weighted by atomic mass is 16.5. The van der Waals surface area contributed by atoms with Gasteiger partial charge >= 0.3 is 5.97 Å². The monoisotopic (exact) mass is 300 g/mol. The summed E-state index contributed by atoms with van der Waals surface area (Å²) < 4.78 is 4.61. The lowest BCUT2D eigenvalue weighted by atomic mass is 9.87. The molecule has 0 aromatic carbocycles. The van der Waals surface area contributed by atoms with E-state index in [1.807, 2.05) is 13.8 Å². The van der Waals surface area contributed by atoms with E-state index >= 15 is 0 Å². The second-order valence-electron chi connectivity index (χ2n) is 6.59. The summed E-state index contributed by atoms with van der Waals surface area (Å²) in [5.41, 5.74) is 11.7. The van der Waals surface area contributed by atoms with Crippen molar-refractivity contribution >= 4 is 11.8 Å². The Morgan fingerprint density at radius 3 is 2.00 bits per heavy atom. The molecule has 0 radical (unpaired) electrons. The van der Waals surface area contributed by atoms with E-state index in [1.165, 1.54) is 7.11 Å². The number of esters is 1.